The van der Waals surface area contributed by atoms with Crippen molar-refractivity contribution < 1.29 is 14.3 Å². The number of para-hydroxylation sites is 1. The third-order valence-electron chi connectivity index (χ3n) is 5.51. The van der Waals surface area contributed by atoms with Crippen LogP contribution in [0.4, 0.5) is 0 Å². The fourth-order valence-electron chi connectivity index (χ4n) is 3.86. The minimum Gasteiger partial charge on any atom is -0.493 e. The lowest BCUT2D eigenvalue weighted by atomic mass is 9.91. The van der Waals surface area contributed by atoms with Gasteiger partial charge in [0, 0.05) is 35.6 Å². The van der Waals surface area contributed by atoms with Gasteiger partial charge >= 0.3 is 0 Å². The monoisotopic (exact) mass is 426 g/mol. The number of benzene rings is 3. The van der Waals surface area contributed by atoms with Crippen LogP contribution in [0.5, 0.6) is 11.5 Å². The second kappa shape index (κ2) is 9.88. The number of H-pyrrole nitrogens is 1. The number of ether oxygens (including phenoxy) is 2. The molecular weight excluding hydrogens is 400 g/mol. The number of carbonyl (C=O) groups excluding carboxylic acids is 1. The Morgan fingerprint density at radius 2 is 1.72 bits per heavy atom. The number of carbonyl (C=O) groups is 1. The van der Waals surface area contributed by atoms with Crippen molar-refractivity contribution in [2.45, 2.75) is 5.92 Å². The second-order valence-electron chi connectivity index (χ2n) is 7.45. The number of hydrogen-bond donors (Lipinski definition) is 2. The summed E-state index contributed by atoms with van der Waals surface area (Å²) < 4.78 is 10.6. The van der Waals surface area contributed by atoms with Gasteiger partial charge in [0.05, 0.1) is 14.2 Å². The van der Waals surface area contributed by atoms with E-state index < -0.39 is 0 Å². The maximum absolute atomic E-state index is 12.6. The van der Waals surface area contributed by atoms with Crippen LogP contribution in [0.3, 0.4) is 0 Å². The molecule has 1 atom stereocenters. The molecule has 2 N–H and O–H groups in total. The van der Waals surface area contributed by atoms with Crippen molar-refractivity contribution in [3.8, 4) is 11.5 Å². The van der Waals surface area contributed by atoms with Crippen LogP contribution in [0, 0.1) is 0 Å². The zero-order chi connectivity index (χ0) is 22.3. The minimum atomic E-state index is -0.152. The highest BCUT2D eigenvalue weighted by Crippen LogP contribution is 2.30. The van der Waals surface area contributed by atoms with E-state index in [2.05, 4.69) is 34.6 Å². The summed E-state index contributed by atoms with van der Waals surface area (Å²) in [6, 6.07) is 24.0. The molecule has 0 saturated heterocycles. The van der Waals surface area contributed by atoms with E-state index in [1.165, 1.54) is 0 Å². The number of fused-ring (bicyclic) bond motifs is 1. The Kier molecular flexibility index (Phi) is 6.56. The average molecular weight is 427 g/mol. The molecular formula is C27H26N2O3. The molecule has 32 heavy (non-hydrogen) atoms. The van der Waals surface area contributed by atoms with Crippen LogP contribution in [-0.4, -0.2) is 31.7 Å². The quantitative estimate of drug-likeness (QED) is 0.383. The molecule has 0 aliphatic heterocycles. The summed E-state index contributed by atoms with van der Waals surface area (Å²) >= 11 is 0. The minimum absolute atomic E-state index is 0.0331. The smallest absolute Gasteiger partial charge is 0.244 e. The van der Waals surface area contributed by atoms with Crippen LogP contribution in [0.25, 0.3) is 17.0 Å². The van der Waals surface area contributed by atoms with Crippen LogP contribution in [-0.2, 0) is 4.79 Å². The number of amides is 1. The number of aromatic nitrogens is 1. The SMILES string of the molecule is COc1ccc(/C=C/C(=O)NCC(c2ccccc2)c2c[nH]c3ccccc23)cc1OC. The predicted molar refractivity (Wildman–Crippen MR) is 128 cm³/mol. The highest BCUT2D eigenvalue weighted by molar-refractivity contribution is 5.92. The van der Waals surface area contributed by atoms with Crippen LogP contribution in [0.2, 0.25) is 0 Å². The number of hydrogen-bond acceptors (Lipinski definition) is 3. The van der Waals surface area contributed by atoms with E-state index >= 15 is 0 Å². The van der Waals surface area contributed by atoms with E-state index in [1.807, 2.05) is 54.7 Å². The normalized spacial score (nSPS) is 12.1. The van der Waals surface area contributed by atoms with Gasteiger partial charge in [-0.3, -0.25) is 4.79 Å². The zero-order valence-electron chi connectivity index (χ0n) is 18.2. The lowest BCUT2D eigenvalue weighted by Gasteiger charge is -2.17. The molecule has 0 saturated carbocycles. The summed E-state index contributed by atoms with van der Waals surface area (Å²) in [5.41, 5.74) is 4.26. The van der Waals surface area contributed by atoms with Gasteiger partial charge < -0.3 is 19.8 Å². The van der Waals surface area contributed by atoms with Gasteiger partial charge in [-0.15, -0.1) is 0 Å². The van der Waals surface area contributed by atoms with Crippen LogP contribution in [0.1, 0.15) is 22.6 Å². The Hall–Kier alpha value is -3.99. The molecule has 1 unspecified atom stereocenters. The number of methoxy groups -OCH3 is 2. The van der Waals surface area contributed by atoms with Gasteiger partial charge in [0.25, 0.3) is 0 Å². The third kappa shape index (κ3) is 4.67. The van der Waals surface area contributed by atoms with Crippen molar-refractivity contribution >= 4 is 22.9 Å². The van der Waals surface area contributed by atoms with Crippen molar-refractivity contribution in [3.05, 3.63) is 102 Å². The molecule has 0 aliphatic carbocycles. The first-order valence-electron chi connectivity index (χ1n) is 10.5. The molecule has 0 bridgehead atoms. The first-order valence-corrected chi connectivity index (χ1v) is 10.5. The predicted octanol–water partition coefficient (Wildman–Crippen LogP) is 5.15. The van der Waals surface area contributed by atoms with Gasteiger partial charge in [0.2, 0.25) is 5.91 Å². The average Bonchev–Trinajstić information content (AvgIpc) is 3.27. The van der Waals surface area contributed by atoms with Crippen molar-refractivity contribution in [2.75, 3.05) is 20.8 Å². The zero-order valence-corrected chi connectivity index (χ0v) is 18.2. The Morgan fingerprint density at radius 1 is 0.969 bits per heavy atom. The van der Waals surface area contributed by atoms with Gasteiger partial charge in [-0.1, -0.05) is 54.6 Å². The number of aromatic amines is 1. The van der Waals surface area contributed by atoms with Gasteiger partial charge in [-0.05, 0) is 41.0 Å². The van der Waals surface area contributed by atoms with Crippen molar-refractivity contribution in [1.29, 1.82) is 0 Å². The largest absolute Gasteiger partial charge is 0.493 e. The Morgan fingerprint density at radius 3 is 2.50 bits per heavy atom. The van der Waals surface area contributed by atoms with Crippen LogP contribution >= 0.6 is 0 Å². The molecule has 5 nitrogen and oxygen atoms in total. The number of nitrogens with one attached hydrogen (secondary N) is 2. The van der Waals surface area contributed by atoms with E-state index in [9.17, 15) is 4.79 Å². The van der Waals surface area contributed by atoms with E-state index in [-0.39, 0.29) is 11.8 Å². The molecule has 4 rings (SSSR count). The van der Waals surface area contributed by atoms with Gasteiger partial charge in [-0.25, -0.2) is 0 Å². The highest BCUT2D eigenvalue weighted by atomic mass is 16.5. The third-order valence-corrected chi connectivity index (χ3v) is 5.51. The van der Waals surface area contributed by atoms with E-state index in [0.717, 1.165) is 27.6 Å². The topological polar surface area (TPSA) is 63.3 Å². The second-order valence-corrected chi connectivity index (χ2v) is 7.45. The Bertz CT molecular complexity index is 1230. The molecule has 162 valence electrons. The van der Waals surface area contributed by atoms with Crippen LogP contribution < -0.4 is 14.8 Å². The first kappa shape index (κ1) is 21.2. The Labute approximate surface area is 187 Å². The molecule has 0 fully saturated rings. The molecule has 1 aromatic heterocycles. The lowest BCUT2D eigenvalue weighted by molar-refractivity contribution is -0.116. The maximum Gasteiger partial charge on any atom is 0.244 e. The summed E-state index contributed by atoms with van der Waals surface area (Å²) in [6.45, 7) is 0.487. The molecule has 1 heterocycles. The lowest BCUT2D eigenvalue weighted by Crippen LogP contribution is -2.27. The summed E-state index contributed by atoms with van der Waals surface area (Å²) in [6.07, 6.45) is 5.34. The van der Waals surface area contributed by atoms with Gasteiger partial charge in [0.15, 0.2) is 11.5 Å². The van der Waals surface area contributed by atoms with Crippen molar-refractivity contribution in [2.24, 2.45) is 0 Å². The standard InChI is InChI=1S/C27H26N2O3/c1-31-25-14-12-19(16-26(25)32-2)13-15-27(30)29-17-22(20-8-4-3-5-9-20)23-18-28-24-11-7-6-10-21(23)24/h3-16,18,22,28H,17H2,1-2H3,(H,29,30)/b15-13+. The van der Waals surface area contributed by atoms with E-state index in [4.69, 9.17) is 9.47 Å². The molecule has 0 radical (unpaired) electrons. The summed E-state index contributed by atoms with van der Waals surface area (Å²) in [5.74, 6) is 1.16. The Balaban J connectivity index is 1.51. The summed E-state index contributed by atoms with van der Waals surface area (Å²) in [7, 11) is 3.18. The summed E-state index contributed by atoms with van der Waals surface area (Å²) in [5, 5.41) is 4.22. The molecule has 0 aliphatic rings. The molecule has 4 aromatic rings. The van der Waals surface area contributed by atoms with Crippen molar-refractivity contribution in [1.82, 2.24) is 10.3 Å². The molecule has 3 aromatic carbocycles. The highest BCUT2D eigenvalue weighted by Gasteiger charge is 2.18. The van der Waals surface area contributed by atoms with Gasteiger partial charge in [0.1, 0.15) is 0 Å². The maximum atomic E-state index is 12.6. The van der Waals surface area contributed by atoms with Crippen molar-refractivity contribution in [3.63, 3.8) is 0 Å². The van der Waals surface area contributed by atoms with E-state index in [1.54, 1.807) is 26.4 Å². The first-order chi connectivity index (χ1) is 15.7. The molecule has 0 spiro atoms. The molecule has 5 heteroatoms. The fourth-order valence-corrected chi connectivity index (χ4v) is 3.86. The fraction of sp³-hybridized carbons (Fsp3) is 0.148. The summed E-state index contributed by atoms with van der Waals surface area (Å²) in [4.78, 5) is 15.9. The van der Waals surface area contributed by atoms with E-state index in [0.29, 0.717) is 18.0 Å². The van der Waals surface area contributed by atoms with Crippen LogP contribution in [0.15, 0.2) is 85.1 Å². The molecule has 1 amide bonds. The van der Waals surface area contributed by atoms with Gasteiger partial charge in [-0.2, -0.15) is 0 Å². The number of rotatable bonds is 8.